The smallest absolute Gasteiger partial charge is 0.233 e. The van der Waals surface area contributed by atoms with E-state index in [4.69, 9.17) is 9.15 Å². The van der Waals surface area contributed by atoms with E-state index in [9.17, 15) is 0 Å². The van der Waals surface area contributed by atoms with Crippen molar-refractivity contribution in [3.05, 3.63) is 24.0 Å². The van der Waals surface area contributed by atoms with E-state index in [2.05, 4.69) is 36.9 Å². The van der Waals surface area contributed by atoms with Crippen molar-refractivity contribution in [3.8, 4) is 5.88 Å². The van der Waals surface area contributed by atoms with Crippen LogP contribution in [0, 0.1) is 6.92 Å². The summed E-state index contributed by atoms with van der Waals surface area (Å²) in [6, 6.07) is 1.87. The van der Waals surface area contributed by atoms with Crippen molar-refractivity contribution >= 4 is 5.95 Å². The average Bonchev–Trinajstić information content (AvgIpc) is 3.01. The summed E-state index contributed by atoms with van der Waals surface area (Å²) in [5.74, 6) is 2.57. The van der Waals surface area contributed by atoms with Gasteiger partial charge in [-0.3, -0.25) is 4.90 Å². The minimum absolute atomic E-state index is 0.120. The first kappa shape index (κ1) is 14.7. The number of rotatable bonds is 4. The molecule has 0 spiro atoms. The zero-order valence-electron chi connectivity index (χ0n) is 13.1. The number of methoxy groups -OCH3 is 1. The molecule has 0 N–H and O–H groups in total. The van der Waals surface area contributed by atoms with E-state index >= 15 is 0 Å². The van der Waals surface area contributed by atoms with Gasteiger partial charge >= 0.3 is 0 Å². The molecule has 1 saturated heterocycles. The molecule has 8 heteroatoms. The monoisotopic (exact) mass is 304 g/mol. The molecule has 2 aromatic heterocycles. The number of ether oxygens (including phenoxy) is 1. The number of hydrogen-bond acceptors (Lipinski definition) is 8. The predicted octanol–water partition coefficient (Wildman–Crippen LogP) is 1.06. The normalized spacial score (nSPS) is 17.5. The van der Waals surface area contributed by atoms with Crippen LogP contribution in [0.5, 0.6) is 5.88 Å². The Morgan fingerprint density at radius 2 is 2.00 bits per heavy atom. The fourth-order valence-electron chi connectivity index (χ4n) is 2.54. The Balaban J connectivity index is 1.62. The highest BCUT2D eigenvalue weighted by molar-refractivity contribution is 5.32. The Bertz CT molecular complexity index is 623. The molecule has 22 heavy (non-hydrogen) atoms. The SMILES string of the molecule is COc1ccnc(N2CCN([C@H](C)c3nnc(C)o3)CC2)n1. The summed E-state index contributed by atoms with van der Waals surface area (Å²) in [5.41, 5.74) is 0. The molecule has 0 aliphatic carbocycles. The molecule has 0 saturated carbocycles. The number of piperazine rings is 1. The van der Waals surface area contributed by atoms with Gasteiger partial charge in [-0.1, -0.05) is 0 Å². The van der Waals surface area contributed by atoms with Crippen LogP contribution in [0.3, 0.4) is 0 Å². The summed E-state index contributed by atoms with van der Waals surface area (Å²) >= 11 is 0. The van der Waals surface area contributed by atoms with Crippen LogP contribution < -0.4 is 9.64 Å². The maximum atomic E-state index is 5.52. The first-order valence-electron chi connectivity index (χ1n) is 7.33. The number of hydrogen-bond donors (Lipinski definition) is 0. The van der Waals surface area contributed by atoms with Crippen molar-refractivity contribution in [2.75, 3.05) is 38.2 Å². The highest BCUT2D eigenvalue weighted by Gasteiger charge is 2.26. The molecule has 0 amide bonds. The second-order valence-electron chi connectivity index (χ2n) is 5.26. The van der Waals surface area contributed by atoms with E-state index in [0.717, 1.165) is 26.2 Å². The van der Waals surface area contributed by atoms with Crippen molar-refractivity contribution < 1.29 is 9.15 Å². The molecule has 0 unspecified atom stereocenters. The van der Waals surface area contributed by atoms with Gasteiger partial charge in [0.15, 0.2) is 0 Å². The summed E-state index contributed by atoms with van der Waals surface area (Å²) < 4.78 is 10.7. The van der Waals surface area contributed by atoms with Crippen molar-refractivity contribution in [2.45, 2.75) is 19.9 Å². The van der Waals surface area contributed by atoms with E-state index in [0.29, 0.717) is 23.6 Å². The second-order valence-corrected chi connectivity index (χ2v) is 5.26. The highest BCUT2D eigenvalue weighted by atomic mass is 16.5. The molecule has 2 aromatic rings. The number of aryl methyl sites for hydroxylation is 1. The van der Waals surface area contributed by atoms with Gasteiger partial charge in [-0.2, -0.15) is 4.98 Å². The number of nitrogens with zero attached hydrogens (tertiary/aromatic N) is 6. The Morgan fingerprint density at radius 1 is 1.23 bits per heavy atom. The van der Waals surface area contributed by atoms with Gasteiger partial charge in [0, 0.05) is 45.4 Å². The van der Waals surface area contributed by atoms with Crippen LogP contribution in [0.1, 0.15) is 24.7 Å². The fraction of sp³-hybridized carbons (Fsp3) is 0.571. The van der Waals surface area contributed by atoms with E-state index in [1.54, 1.807) is 26.3 Å². The minimum atomic E-state index is 0.120. The van der Waals surface area contributed by atoms with Gasteiger partial charge in [0.2, 0.25) is 23.6 Å². The van der Waals surface area contributed by atoms with Crippen LogP contribution in [0.25, 0.3) is 0 Å². The van der Waals surface area contributed by atoms with Gasteiger partial charge in [0.1, 0.15) is 0 Å². The van der Waals surface area contributed by atoms with Crippen molar-refractivity contribution in [1.82, 2.24) is 25.1 Å². The fourth-order valence-corrected chi connectivity index (χ4v) is 2.54. The quantitative estimate of drug-likeness (QED) is 0.829. The molecule has 0 bridgehead atoms. The second kappa shape index (κ2) is 6.27. The van der Waals surface area contributed by atoms with Gasteiger partial charge in [-0.15, -0.1) is 10.2 Å². The zero-order chi connectivity index (χ0) is 15.5. The standard InChI is InChI=1S/C14H20N6O2/c1-10(13-18-17-11(2)22-13)19-6-8-20(9-7-19)14-15-5-4-12(16-14)21-3/h4-5,10H,6-9H2,1-3H3/t10-/m1/s1. The molecular formula is C14H20N6O2. The van der Waals surface area contributed by atoms with E-state index in [1.807, 2.05) is 0 Å². The summed E-state index contributed by atoms with van der Waals surface area (Å²) in [6.07, 6.45) is 1.72. The molecule has 0 aromatic carbocycles. The maximum Gasteiger partial charge on any atom is 0.233 e. The van der Waals surface area contributed by atoms with E-state index in [1.165, 1.54) is 0 Å². The summed E-state index contributed by atoms with van der Waals surface area (Å²) in [5, 5.41) is 8.00. The first-order chi connectivity index (χ1) is 10.7. The van der Waals surface area contributed by atoms with E-state index in [-0.39, 0.29) is 6.04 Å². The van der Waals surface area contributed by atoms with Crippen LogP contribution in [-0.2, 0) is 0 Å². The molecule has 118 valence electrons. The molecule has 3 heterocycles. The number of aromatic nitrogens is 4. The van der Waals surface area contributed by atoms with Crippen LogP contribution in [0.2, 0.25) is 0 Å². The molecular weight excluding hydrogens is 284 g/mol. The predicted molar refractivity (Wildman–Crippen MR) is 79.8 cm³/mol. The Morgan fingerprint density at radius 3 is 2.64 bits per heavy atom. The Labute approximate surface area is 129 Å². The van der Waals surface area contributed by atoms with Gasteiger partial charge in [0.05, 0.1) is 13.2 Å². The van der Waals surface area contributed by atoms with Gasteiger partial charge in [-0.25, -0.2) is 4.98 Å². The summed E-state index contributed by atoms with van der Waals surface area (Å²) in [7, 11) is 1.61. The highest BCUT2D eigenvalue weighted by Crippen LogP contribution is 2.22. The average molecular weight is 304 g/mol. The molecule has 1 aliphatic rings. The third kappa shape index (κ3) is 3.01. The van der Waals surface area contributed by atoms with Crippen molar-refractivity contribution in [2.24, 2.45) is 0 Å². The van der Waals surface area contributed by atoms with Crippen LogP contribution >= 0.6 is 0 Å². The first-order valence-corrected chi connectivity index (χ1v) is 7.33. The summed E-state index contributed by atoms with van der Waals surface area (Å²) in [4.78, 5) is 13.2. The van der Waals surface area contributed by atoms with Gasteiger partial charge in [-0.05, 0) is 6.92 Å². The number of anilines is 1. The van der Waals surface area contributed by atoms with Crippen LogP contribution in [0.4, 0.5) is 5.95 Å². The minimum Gasteiger partial charge on any atom is -0.481 e. The third-order valence-electron chi connectivity index (χ3n) is 3.87. The largest absolute Gasteiger partial charge is 0.481 e. The topological polar surface area (TPSA) is 80.4 Å². The molecule has 1 atom stereocenters. The molecule has 0 radical (unpaired) electrons. The molecule has 3 rings (SSSR count). The lowest BCUT2D eigenvalue weighted by Gasteiger charge is -2.36. The Kier molecular flexibility index (Phi) is 4.19. The molecule has 1 aliphatic heterocycles. The molecule has 1 fully saturated rings. The van der Waals surface area contributed by atoms with Crippen LogP contribution in [-0.4, -0.2) is 58.4 Å². The van der Waals surface area contributed by atoms with Crippen molar-refractivity contribution in [1.29, 1.82) is 0 Å². The van der Waals surface area contributed by atoms with Gasteiger partial charge < -0.3 is 14.1 Å². The van der Waals surface area contributed by atoms with Gasteiger partial charge in [0.25, 0.3) is 0 Å². The third-order valence-corrected chi connectivity index (χ3v) is 3.87. The van der Waals surface area contributed by atoms with Crippen LogP contribution in [0.15, 0.2) is 16.7 Å². The van der Waals surface area contributed by atoms with E-state index < -0.39 is 0 Å². The molecule has 8 nitrogen and oxygen atoms in total. The summed E-state index contributed by atoms with van der Waals surface area (Å²) in [6.45, 7) is 7.38. The maximum absolute atomic E-state index is 5.52. The zero-order valence-corrected chi connectivity index (χ0v) is 13.1. The lowest BCUT2D eigenvalue weighted by molar-refractivity contribution is 0.171. The lowest BCUT2D eigenvalue weighted by atomic mass is 10.2. The Hall–Kier alpha value is -2.22. The van der Waals surface area contributed by atoms with Crippen molar-refractivity contribution in [3.63, 3.8) is 0 Å². The lowest BCUT2D eigenvalue weighted by Crippen LogP contribution is -2.47.